The molecule has 0 bridgehead atoms. The van der Waals surface area contributed by atoms with Gasteiger partial charge in [0.05, 0.1) is 26.6 Å². The lowest BCUT2D eigenvalue weighted by molar-refractivity contribution is -0.384. The van der Waals surface area contributed by atoms with Gasteiger partial charge in [-0.2, -0.15) is 8.42 Å². The van der Waals surface area contributed by atoms with Crippen molar-refractivity contribution in [3.8, 4) is 12.3 Å². The molecular formula is C16H11N3O4S2. The molecule has 1 heterocycles. The van der Waals surface area contributed by atoms with Gasteiger partial charge in [0.25, 0.3) is 15.7 Å². The first-order valence-electron chi connectivity index (χ1n) is 7.00. The molecular weight excluding hydrogens is 362 g/mol. The van der Waals surface area contributed by atoms with Crippen molar-refractivity contribution >= 4 is 37.3 Å². The highest BCUT2D eigenvalue weighted by atomic mass is 32.2. The number of non-ortho nitro benzene ring substituents is 1. The van der Waals surface area contributed by atoms with Crippen LogP contribution in [0.3, 0.4) is 0 Å². The molecule has 9 heteroatoms. The number of terminal acetylenes is 1. The third kappa shape index (κ3) is 3.31. The Morgan fingerprint density at radius 2 is 1.96 bits per heavy atom. The van der Waals surface area contributed by atoms with Crippen LogP contribution in [0.4, 0.5) is 5.69 Å². The molecule has 126 valence electrons. The highest BCUT2D eigenvalue weighted by Gasteiger charge is 2.15. The van der Waals surface area contributed by atoms with Crippen molar-refractivity contribution in [1.29, 1.82) is 0 Å². The fourth-order valence-corrected chi connectivity index (χ4v) is 4.52. The van der Waals surface area contributed by atoms with E-state index in [-0.39, 0.29) is 21.9 Å². The zero-order valence-corrected chi connectivity index (χ0v) is 14.3. The highest BCUT2D eigenvalue weighted by molar-refractivity contribution is 7.90. The average molecular weight is 373 g/mol. The van der Waals surface area contributed by atoms with Crippen molar-refractivity contribution in [3.05, 3.63) is 63.4 Å². The van der Waals surface area contributed by atoms with E-state index in [0.29, 0.717) is 10.2 Å². The van der Waals surface area contributed by atoms with E-state index in [1.54, 1.807) is 22.8 Å². The van der Waals surface area contributed by atoms with E-state index in [2.05, 4.69) is 10.3 Å². The second kappa shape index (κ2) is 6.51. The van der Waals surface area contributed by atoms with Gasteiger partial charge < -0.3 is 4.57 Å². The van der Waals surface area contributed by atoms with Crippen LogP contribution in [0, 0.1) is 22.5 Å². The molecule has 0 N–H and O–H groups in total. The maximum atomic E-state index is 12.5. The van der Waals surface area contributed by atoms with Crippen LogP contribution in [0.2, 0.25) is 0 Å². The minimum absolute atomic E-state index is 0.0608. The van der Waals surface area contributed by atoms with Crippen LogP contribution < -0.4 is 4.80 Å². The minimum atomic E-state index is -3.92. The molecule has 2 aromatic carbocycles. The van der Waals surface area contributed by atoms with Crippen molar-refractivity contribution in [1.82, 2.24) is 4.57 Å². The van der Waals surface area contributed by atoms with E-state index < -0.39 is 14.9 Å². The number of sulfonamides is 1. The zero-order chi connectivity index (χ0) is 18.0. The predicted molar refractivity (Wildman–Crippen MR) is 94.5 cm³/mol. The maximum absolute atomic E-state index is 12.5. The van der Waals surface area contributed by atoms with Gasteiger partial charge in [-0.15, -0.1) is 10.8 Å². The third-order valence-corrected chi connectivity index (χ3v) is 5.80. The standard InChI is InChI=1S/C16H11N3O4S2/c1-2-10-18-14-9-8-12(19(20)21)11-15(14)24-16(18)17-25(22,23)13-6-4-3-5-7-13/h1,3-9,11H,10H2/b17-16-. The molecule has 0 fully saturated rings. The lowest BCUT2D eigenvalue weighted by atomic mass is 10.3. The van der Waals surface area contributed by atoms with E-state index >= 15 is 0 Å². The summed E-state index contributed by atoms with van der Waals surface area (Å²) in [7, 11) is -3.92. The number of nitro groups is 1. The van der Waals surface area contributed by atoms with Crippen LogP contribution in [-0.4, -0.2) is 17.9 Å². The average Bonchev–Trinajstić information content (AvgIpc) is 2.92. The number of hydrogen-bond acceptors (Lipinski definition) is 5. The molecule has 0 aliphatic carbocycles. The fraction of sp³-hybridized carbons (Fsp3) is 0.0625. The van der Waals surface area contributed by atoms with E-state index in [1.165, 1.54) is 30.3 Å². The van der Waals surface area contributed by atoms with Gasteiger partial charge in [0.1, 0.15) is 0 Å². The Labute approximate surface area is 147 Å². The summed E-state index contributed by atoms with van der Waals surface area (Å²) in [6.07, 6.45) is 5.37. The van der Waals surface area contributed by atoms with Gasteiger partial charge in [0.2, 0.25) is 4.80 Å². The quantitative estimate of drug-likeness (QED) is 0.399. The number of thiazole rings is 1. The van der Waals surface area contributed by atoms with Crippen LogP contribution in [0.25, 0.3) is 10.2 Å². The van der Waals surface area contributed by atoms with Crippen molar-refractivity contribution in [3.63, 3.8) is 0 Å². The fourth-order valence-electron chi connectivity index (χ4n) is 2.24. The van der Waals surface area contributed by atoms with Crippen molar-refractivity contribution in [2.75, 3.05) is 0 Å². The van der Waals surface area contributed by atoms with Crippen LogP contribution in [0.1, 0.15) is 0 Å². The molecule has 7 nitrogen and oxygen atoms in total. The van der Waals surface area contributed by atoms with Crippen LogP contribution in [0.5, 0.6) is 0 Å². The Morgan fingerprint density at radius 1 is 1.24 bits per heavy atom. The first-order chi connectivity index (χ1) is 11.9. The summed E-state index contributed by atoms with van der Waals surface area (Å²) >= 11 is 1.03. The molecule has 0 radical (unpaired) electrons. The second-order valence-electron chi connectivity index (χ2n) is 4.96. The number of fused-ring (bicyclic) bond motifs is 1. The Morgan fingerprint density at radius 3 is 2.60 bits per heavy atom. The van der Waals surface area contributed by atoms with E-state index in [9.17, 15) is 18.5 Å². The van der Waals surface area contributed by atoms with Crippen LogP contribution in [0.15, 0.2) is 57.8 Å². The van der Waals surface area contributed by atoms with Crippen molar-refractivity contribution < 1.29 is 13.3 Å². The van der Waals surface area contributed by atoms with Gasteiger partial charge in [-0.25, -0.2) is 0 Å². The van der Waals surface area contributed by atoms with Gasteiger partial charge in [0, 0.05) is 12.1 Å². The van der Waals surface area contributed by atoms with Gasteiger partial charge in [-0.3, -0.25) is 10.1 Å². The number of nitrogens with zero attached hydrogens (tertiary/aromatic N) is 3. The largest absolute Gasteiger partial charge is 0.304 e. The van der Waals surface area contributed by atoms with E-state index in [4.69, 9.17) is 6.42 Å². The summed E-state index contributed by atoms with van der Waals surface area (Å²) in [5, 5.41) is 10.9. The normalized spacial score (nSPS) is 12.2. The molecule has 0 saturated heterocycles. The summed E-state index contributed by atoms with van der Waals surface area (Å²) < 4.78 is 30.9. The first kappa shape index (κ1) is 16.9. The second-order valence-corrected chi connectivity index (χ2v) is 7.58. The van der Waals surface area contributed by atoms with E-state index in [0.717, 1.165) is 11.3 Å². The molecule has 0 saturated carbocycles. The molecule has 3 rings (SSSR count). The van der Waals surface area contributed by atoms with Crippen LogP contribution in [-0.2, 0) is 16.6 Å². The topological polar surface area (TPSA) is 94.6 Å². The molecule has 0 aliphatic rings. The van der Waals surface area contributed by atoms with Gasteiger partial charge in [-0.1, -0.05) is 35.5 Å². The third-order valence-electron chi connectivity index (χ3n) is 3.37. The Kier molecular flexibility index (Phi) is 4.39. The van der Waals surface area contributed by atoms with Gasteiger partial charge >= 0.3 is 0 Å². The lowest BCUT2D eigenvalue weighted by Crippen LogP contribution is -2.16. The summed E-state index contributed by atoms with van der Waals surface area (Å²) in [5.41, 5.74) is 0.509. The maximum Gasteiger partial charge on any atom is 0.285 e. The summed E-state index contributed by atoms with van der Waals surface area (Å²) in [6.45, 7) is 0.0982. The van der Waals surface area contributed by atoms with E-state index in [1.807, 2.05) is 0 Å². The molecule has 25 heavy (non-hydrogen) atoms. The number of nitro benzene ring substituents is 1. The van der Waals surface area contributed by atoms with Gasteiger partial charge in [-0.05, 0) is 18.2 Å². The summed E-state index contributed by atoms with van der Waals surface area (Å²) in [5.74, 6) is 2.45. The lowest BCUT2D eigenvalue weighted by Gasteiger charge is -2.00. The molecule has 3 aromatic rings. The number of rotatable bonds is 4. The molecule has 0 aliphatic heterocycles. The Balaban J connectivity index is 2.26. The minimum Gasteiger partial charge on any atom is -0.304 e. The van der Waals surface area contributed by atoms with Crippen molar-refractivity contribution in [2.24, 2.45) is 4.40 Å². The molecule has 0 spiro atoms. The monoisotopic (exact) mass is 373 g/mol. The van der Waals surface area contributed by atoms with Gasteiger partial charge in [0.15, 0.2) is 0 Å². The zero-order valence-electron chi connectivity index (χ0n) is 12.7. The highest BCUT2D eigenvalue weighted by Crippen LogP contribution is 2.23. The van der Waals surface area contributed by atoms with Crippen molar-refractivity contribution in [2.45, 2.75) is 11.4 Å². The molecule has 1 aromatic heterocycles. The molecule has 0 amide bonds. The number of benzene rings is 2. The Bertz CT molecular complexity index is 1170. The summed E-state index contributed by atoms with van der Waals surface area (Å²) in [4.78, 5) is 10.6. The summed E-state index contributed by atoms with van der Waals surface area (Å²) in [6, 6.07) is 12.1. The number of hydrogen-bond donors (Lipinski definition) is 0. The smallest absolute Gasteiger partial charge is 0.285 e. The molecule has 0 unspecified atom stereocenters. The SMILES string of the molecule is C#CCn1/c(=N/S(=O)(=O)c2ccccc2)sc2cc([N+](=O)[O-])ccc21. The van der Waals surface area contributed by atoms with Crippen LogP contribution >= 0.6 is 11.3 Å². The molecule has 0 atom stereocenters. The predicted octanol–water partition coefficient (Wildman–Crippen LogP) is 2.53. The first-order valence-corrected chi connectivity index (χ1v) is 9.25. The number of aromatic nitrogens is 1. The Hall–Kier alpha value is -2.96.